The average Bonchev–Trinajstić information content (AvgIpc) is 2.66. The van der Waals surface area contributed by atoms with E-state index in [0.717, 1.165) is 25.7 Å². The van der Waals surface area contributed by atoms with Gasteiger partial charge in [0.1, 0.15) is 5.75 Å². The summed E-state index contributed by atoms with van der Waals surface area (Å²) in [6.45, 7) is 4.70. The molecule has 0 spiro atoms. The summed E-state index contributed by atoms with van der Waals surface area (Å²) in [5.74, 6) is 0.634. The van der Waals surface area contributed by atoms with Crippen molar-refractivity contribution in [2.45, 2.75) is 39.5 Å². The Balaban J connectivity index is 2.77. The van der Waals surface area contributed by atoms with Gasteiger partial charge in [0.15, 0.2) is 0 Å². The molecule has 0 bridgehead atoms. The van der Waals surface area contributed by atoms with Gasteiger partial charge in [0, 0.05) is 26.2 Å². The number of nitrogens with one attached hydrogen (secondary N) is 1. The van der Waals surface area contributed by atoms with Crippen LogP contribution in [-0.2, 0) is 9.53 Å². The Labute approximate surface area is 162 Å². The molecule has 0 aliphatic carbocycles. The monoisotopic (exact) mass is 376 g/mol. The standard InChI is InChI=1S/C21H32N2O4/c1-6-8-9-16(7-2)15-27-20(24)13-11-17-10-12-18(26-5)14-19(17)22-21(25)23(3)4/h10-14,16H,6-9,15H2,1-5H3,(H,22,25)/b13-11+. The summed E-state index contributed by atoms with van der Waals surface area (Å²) >= 11 is 0. The van der Waals surface area contributed by atoms with Crippen LogP contribution in [-0.4, -0.2) is 44.7 Å². The number of benzene rings is 1. The van der Waals surface area contributed by atoms with E-state index in [-0.39, 0.29) is 12.0 Å². The number of amides is 2. The number of ether oxygens (including phenoxy) is 2. The van der Waals surface area contributed by atoms with Crippen LogP contribution in [0.4, 0.5) is 10.5 Å². The van der Waals surface area contributed by atoms with Gasteiger partial charge in [-0.2, -0.15) is 0 Å². The Morgan fingerprint density at radius 3 is 2.59 bits per heavy atom. The summed E-state index contributed by atoms with van der Waals surface area (Å²) in [6, 6.07) is 5.00. The third-order valence-corrected chi connectivity index (χ3v) is 4.31. The van der Waals surface area contributed by atoms with Crippen LogP contribution in [0.5, 0.6) is 5.75 Å². The largest absolute Gasteiger partial charge is 0.497 e. The van der Waals surface area contributed by atoms with E-state index in [2.05, 4.69) is 19.2 Å². The van der Waals surface area contributed by atoms with E-state index >= 15 is 0 Å². The zero-order valence-corrected chi connectivity index (χ0v) is 17.1. The van der Waals surface area contributed by atoms with Crippen molar-refractivity contribution < 1.29 is 19.1 Å². The van der Waals surface area contributed by atoms with Crippen LogP contribution in [0.3, 0.4) is 0 Å². The molecule has 150 valence electrons. The van der Waals surface area contributed by atoms with Gasteiger partial charge < -0.3 is 19.7 Å². The van der Waals surface area contributed by atoms with Crippen LogP contribution < -0.4 is 10.1 Å². The number of hydrogen-bond donors (Lipinski definition) is 1. The first-order valence-electron chi connectivity index (χ1n) is 9.42. The van der Waals surface area contributed by atoms with E-state index in [1.165, 1.54) is 11.0 Å². The molecule has 0 fully saturated rings. The van der Waals surface area contributed by atoms with Gasteiger partial charge in [-0.1, -0.05) is 33.1 Å². The fourth-order valence-electron chi connectivity index (χ4n) is 2.45. The van der Waals surface area contributed by atoms with E-state index in [0.29, 0.717) is 29.5 Å². The third-order valence-electron chi connectivity index (χ3n) is 4.31. The Morgan fingerprint density at radius 2 is 2.00 bits per heavy atom. The molecule has 0 heterocycles. The van der Waals surface area contributed by atoms with Gasteiger partial charge >= 0.3 is 12.0 Å². The Morgan fingerprint density at radius 1 is 1.26 bits per heavy atom. The highest BCUT2D eigenvalue weighted by atomic mass is 16.5. The van der Waals surface area contributed by atoms with Crippen molar-refractivity contribution in [3.63, 3.8) is 0 Å². The predicted molar refractivity (Wildman–Crippen MR) is 109 cm³/mol. The summed E-state index contributed by atoms with van der Waals surface area (Å²) in [5.41, 5.74) is 1.26. The van der Waals surface area contributed by atoms with Crippen LogP contribution >= 0.6 is 0 Å². The van der Waals surface area contributed by atoms with Gasteiger partial charge in [0.2, 0.25) is 0 Å². The second-order valence-electron chi connectivity index (χ2n) is 6.66. The maximum absolute atomic E-state index is 12.0. The van der Waals surface area contributed by atoms with Crippen molar-refractivity contribution in [3.8, 4) is 5.75 Å². The van der Waals surface area contributed by atoms with E-state index in [1.54, 1.807) is 45.5 Å². The number of nitrogens with zero attached hydrogens (tertiary/aromatic N) is 1. The minimum atomic E-state index is -0.384. The number of carbonyl (C=O) groups excluding carboxylic acids is 2. The quantitative estimate of drug-likeness (QED) is 0.480. The smallest absolute Gasteiger partial charge is 0.330 e. The Bertz CT molecular complexity index is 641. The van der Waals surface area contributed by atoms with Gasteiger partial charge in [0.25, 0.3) is 0 Å². The summed E-state index contributed by atoms with van der Waals surface area (Å²) < 4.78 is 10.6. The Kier molecular flexibility index (Phi) is 10.0. The maximum Gasteiger partial charge on any atom is 0.330 e. The van der Waals surface area contributed by atoms with E-state index in [1.807, 2.05) is 0 Å². The third kappa shape index (κ3) is 8.15. The van der Waals surface area contributed by atoms with E-state index in [4.69, 9.17) is 9.47 Å². The molecule has 0 radical (unpaired) electrons. The van der Waals surface area contributed by atoms with Crippen molar-refractivity contribution >= 4 is 23.8 Å². The number of anilines is 1. The zero-order valence-electron chi connectivity index (χ0n) is 17.1. The summed E-state index contributed by atoms with van der Waals surface area (Å²) in [6.07, 6.45) is 7.38. The molecule has 1 atom stereocenters. The van der Waals surface area contributed by atoms with Crippen LogP contribution in [0, 0.1) is 5.92 Å². The minimum Gasteiger partial charge on any atom is -0.497 e. The lowest BCUT2D eigenvalue weighted by Gasteiger charge is -2.15. The first-order valence-corrected chi connectivity index (χ1v) is 9.42. The molecule has 0 aromatic heterocycles. The molecule has 0 aliphatic rings. The first kappa shape index (κ1) is 22.5. The minimum absolute atomic E-state index is 0.262. The van der Waals surface area contributed by atoms with Crippen molar-refractivity contribution in [3.05, 3.63) is 29.8 Å². The molecule has 0 aliphatic heterocycles. The van der Waals surface area contributed by atoms with E-state index < -0.39 is 0 Å². The fraction of sp³-hybridized carbons (Fsp3) is 0.524. The highest BCUT2D eigenvalue weighted by molar-refractivity contribution is 5.94. The highest BCUT2D eigenvalue weighted by Gasteiger charge is 2.10. The van der Waals surface area contributed by atoms with Crippen LogP contribution in [0.15, 0.2) is 24.3 Å². The summed E-state index contributed by atoms with van der Waals surface area (Å²) in [7, 11) is 4.87. The number of esters is 1. The summed E-state index contributed by atoms with van der Waals surface area (Å²) in [5, 5.41) is 2.79. The molecule has 1 aromatic carbocycles. The van der Waals surface area contributed by atoms with Crippen molar-refractivity contribution in [1.82, 2.24) is 4.90 Å². The maximum atomic E-state index is 12.0. The van der Waals surface area contributed by atoms with E-state index in [9.17, 15) is 9.59 Å². The zero-order chi connectivity index (χ0) is 20.2. The van der Waals surface area contributed by atoms with Gasteiger partial charge in [-0.05, 0) is 36.1 Å². The number of methoxy groups -OCH3 is 1. The average molecular weight is 376 g/mol. The SMILES string of the molecule is CCCCC(CC)COC(=O)/C=C/c1ccc(OC)cc1NC(=O)N(C)C. The summed E-state index contributed by atoms with van der Waals surface area (Å²) in [4.78, 5) is 25.4. The molecule has 1 aromatic rings. The van der Waals surface area contributed by atoms with Crippen LogP contribution in [0.25, 0.3) is 6.08 Å². The lowest BCUT2D eigenvalue weighted by molar-refractivity contribution is -0.139. The number of hydrogen-bond acceptors (Lipinski definition) is 4. The molecule has 0 saturated heterocycles. The molecule has 1 rings (SSSR count). The predicted octanol–water partition coefficient (Wildman–Crippen LogP) is 4.56. The molecule has 6 nitrogen and oxygen atoms in total. The second kappa shape index (κ2) is 12.0. The van der Waals surface area contributed by atoms with Gasteiger partial charge in [-0.15, -0.1) is 0 Å². The molecule has 1 unspecified atom stereocenters. The van der Waals surface area contributed by atoms with Crippen molar-refractivity contribution in [2.75, 3.05) is 33.1 Å². The molecular formula is C21H32N2O4. The Hall–Kier alpha value is -2.50. The number of unbranched alkanes of at least 4 members (excludes halogenated alkanes) is 1. The van der Waals surface area contributed by atoms with Gasteiger partial charge in [-0.3, -0.25) is 0 Å². The first-order chi connectivity index (χ1) is 12.9. The van der Waals surface area contributed by atoms with Crippen molar-refractivity contribution in [2.24, 2.45) is 5.92 Å². The number of urea groups is 1. The van der Waals surface area contributed by atoms with Crippen LogP contribution in [0.1, 0.15) is 45.1 Å². The topological polar surface area (TPSA) is 67.9 Å². The second-order valence-corrected chi connectivity index (χ2v) is 6.66. The highest BCUT2D eigenvalue weighted by Crippen LogP contribution is 2.24. The lowest BCUT2D eigenvalue weighted by atomic mass is 10.0. The fourth-order valence-corrected chi connectivity index (χ4v) is 2.45. The molecule has 6 heteroatoms. The lowest BCUT2D eigenvalue weighted by Crippen LogP contribution is -2.27. The van der Waals surface area contributed by atoms with Crippen LogP contribution in [0.2, 0.25) is 0 Å². The molecule has 27 heavy (non-hydrogen) atoms. The molecule has 1 N–H and O–H groups in total. The molecule has 2 amide bonds. The molecule has 0 saturated carbocycles. The molecular weight excluding hydrogens is 344 g/mol. The van der Waals surface area contributed by atoms with Gasteiger partial charge in [0.05, 0.1) is 19.4 Å². The number of carbonyl (C=O) groups is 2. The normalized spacial score (nSPS) is 11.9. The van der Waals surface area contributed by atoms with Crippen molar-refractivity contribution in [1.29, 1.82) is 0 Å². The number of rotatable bonds is 10. The van der Waals surface area contributed by atoms with Gasteiger partial charge in [-0.25, -0.2) is 9.59 Å².